The summed E-state index contributed by atoms with van der Waals surface area (Å²) in [4.78, 5) is 30.8. The van der Waals surface area contributed by atoms with Crippen LogP contribution in [0.15, 0.2) is 248 Å². The summed E-state index contributed by atoms with van der Waals surface area (Å²) in [5.74, 6) is 0. The summed E-state index contributed by atoms with van der Waals surface area (Å²) < 4.78 is 178. The quantitative estimate of drug-likeness (QED) is 0.0935. The second kappa shape index (κ2) is 33.8. The van der Waals surface area contributed by atoms with Crippen LogP contribution < -0.4 is 0 Å². The smallest absolute Gasteiger partial charge is 3.00 e. The van der Waals surface area contributed by atoms with Gasteiger partial charge in [-0.2, -0.15) is 10.5 Å². The normalized spacial score (nSPS) is 16.1. The first-order valence-corrected chi connectivity index (χ1v) is 41.6. The molecule has 614 valence electrons. The molecule has 3 aliphatic rings. The number of benzene rings is 12. The summed E-state index contributed by atoms with van der Waals surface area (Å²) in [7, 11) is -32.0. The SMILES string of the molecule is CC#N.CC#N.Cc1cc(C)cc(N=C2C(=Nc3cc(C)cc(C)c3)c3cccc4cccc2c34)c1.Cc1cc(C)cc(N=C2C(=Nc3cc(C)cc(C)c3)c3cccc4cccc2c34)c1.Cc1cc(C)cc(N=C2C(=Nc3cc(C)cc(C)c3)c3cccc4cccc2c34)c1.F[P-](F)(F)(F)(F)F.F[P-](F)(F)(F)(F)F.F[P-](F)(F)(F)(F)F.[Al+3]. The Morgan fingerprint density at radius 1 is 0.212 bits per heavy atom. The number of nitrogens with zero attached hydrogens (tertiary/aromatic N) is 8. The van der Waals surface area contributed by atoms with Crippen LogP contribution in [-0.4, -0.2) is 51.6 Å². The predicted octanol–water partition coefficient (Wildman–Crippen LogP) is 32.8. The molecule has 0 saturated carbocycles. The second-order valence-electron chi connectivity index (χ2n) is 28.3. The van der Waals surface area contributed by atoms with Crippen molar-refractivity contribution >= 4 is 141 Å². The molecule has 0 aliphatic heterocycles. The van der Waals surface area contributed by atoms with Crippen molar-refractivity contribution in [3.05, 3.63) is 319 Å². The molecule has 0 saturated heterocycles. The minimum Gasteiger partial charge on any atom is 3.00 e. The van der Waals surface area contributed by atoms with Crippen LogP contribution in [0.3, 0.4) is 0 Å². The number of halogens is 18. The first-order chi connectivity index (χ1) is 53.6. The van der Waals surface area contributed by atoms with E-state index >= 15 is 0 Å². The van der Waals surface area contributed by atoms with E-state index in [2.05, 4.69) is 301 Å². The Hall–Kier alpha value is -11.0. The predicted molar refractivity (Wildman–Crippen MR) is 454 cm³/mol. The molecular formula is C88H78AlF18N8P3. The molecule has 0 radical (unpaired) electrons. The molecule has 0 heterocycles. The molecule has 0 aromatic heterocycles. The number of rotatable bonds is 6. The Morgan fingerprint density at radius 3 is 0.415 bits per heavy atom. The maximum atomic E-state index is 9.87. The van der Waals surface area contributed by atoms with Gasteiger partial charge >= 0.3 is 116 Å². The largest absolute Gasteiger partial charge is 3.00 e. The van der Waals surface area contributed by atoms with Crippen molar-refractivity contribution in [3.63, 3.8) is 0 Å². The van der Waals surface area contributed by atoms with Crippen LogP contribution in [0.5, 0.6) is 0 Å². The number of hydrogen-bond donors (Lipinski definition) is 0. The van der Waals surface area contributed by atoms with Crippen molar-refractivity contribution in [2.45, 2.75) is 96.9 Å². The van der Waals surface area contributed by atoms with E-state index in [1.54, 1.807) is 12.1 Å². The van der Waals surface area contributed by atoms with Gasteiger partial charge in [0.1, 0.15) is 0 Å². The Bertz CT molecular complexity index is 5160. The van der Waals surface area contributed by atoms with Gasteiger partial charge in [-0.1, -0.05) is 146 Å². The molecule has 0 atom stereocenters. The molecule has 0 amide bonds. The number of nitriles is 2. The van der Waals surface area contributed by atoms with E-state index in [9.17, 15) is 75.5 Å². The summed E-state index contributed by atoms with van der Waals surface area (Å²) in [5.41, 5.74) is 33.1. The standard InChI is InChI=1S/3C28H24N2.2C2H3N.Al.3F6P/c3*1-17-11-18(2)14-22(13-17)29-27-24-9-5-7-21-8-6-10-25(26(21)24)28(27)30-23-15-19(3)12-20(4)16-23;2*1-2-3;;3*1-7(2,3,4,5)6/h3*5-16H,1-4H3;2*1H3;;;;/q;;;;;+3;3*-1. The summed E-state index contributed by atoms with van der Waals surface area (Å²) >= 11 is 0. The minimum absolute atomic E-state index is 0. The van der Waals surface area contributed by atoms with Gasteiger partial charge in [-0.3, -0.25) is 0 Å². The summed E-state index contributed by atoms with van der Waals surface area (Å²) in [6.07, 6.45) is 0. The van der Waals surface area contributed by atoms with Crippen LogP contribution in [-0.2, 0) is 0 Å². The zero-order valence-corrected chi connectivity index (χ0v) is 69.9. The fourth-order valence-corrected chi connectivity index (χ4v) is 13.5. The summed E-state index contributed by atoms with van der Waals surface area (Å²) in [6.45, 7) is 28.3. The van der Waals surface area contributed by atoms with E-state index in [0.29, 0.717) is 0 Å². The van der Waals surface area contributed by atoms with Gasteiger partial charge in [-0.15, -0.1) is 0 Å². The van der Waals surface area contributed by atoms with E-state index in [-0.39, 0.29) is 17.4 Å². The van der Waals surface area contributed by atoms with E-state index in [4.69, 9.17) is 40.5 Å². The molecule has 0 unspecified atom stereocenters. The van der Waals surface area contributed by atoms with E-state index in [1.165, 1.54) is 113 Å². The van der Waals surface area contributed by atoms with Crippen molar-refractivity contribution in [2.24, 2.45) is 30.0 Å². The maximum Gasteiger partial charge on any atom is 3.00 e. The van der Waals surface area contributed by atoms with Gasteiger partial charge in [0.15, 0.2) is 0 Å². The number of hydrogen-bond acceptors (Lipinski definition) is 8. The van der Waals surface area contributed by atoms with Crippen molar-refractivity contribution in [2.75, 3.05) is 0 Å². The second-order valence-corrected chi connectivity index (χ2v) is 34.0. The van der Waals surface area contributed by atoms with Gasteiger partial charge in [0.25, 0.3) is 0 Å². The van der Waals surface area contributed by atoms with Gasteiger partial charge in [-0.05, 0) is 239 Å². The Kier molecular flexibility index (Phi) is 26.9. The first-order valence-electron chi connectivity index (χ1n) is 35.5. The van der Waals surface area contributed by atoms with Crippen molar-refractivity contribution in [3.8, 4) is 12.1 Å². The van der Waals surface area contributed by atoms with Gasteiger partial charge in [0, 0.05) is 63.4 Å². The van der Waals surface area contributed by atoms with E-state index in [0.717, 1.165) is 102 Å². The zero-order valence-electron chi connectivity index (χ0n) is 66.1. The third-order valence-electron chi connectivity index (χ3n) is 16.6. The Balaban J connectivity index is 0.000000210. The average Bonchev–Trinajstić information content (AvgIpc) is 1.59. The van der Waals surface area contributed by atoms with Crippen LogP contribution in [0.25, 0.3) is 32.3 Å². The molecule has 30 heteroatoms. The van der Waals surface area contributed by atoms with Crippen LogP contribution in [0.4, 0.5) is 110 Å². The third kappa shape index (κ3) is 30.5. The molecule has 118 heavy (non-hydrogen) atoms. The van der Waals surface area contributed by atoms with Crippen LogP contribution in [0, 0.1) is 106 Å². The summed E-state index contributed by atoms with van der Waals surface area (Å²) in [5, 5.41) is 22.0. The molecule has 0 bridgehead atoms. The first kappa shape index (κ1) is 94.1. The van der Waals surface area contributed by atoms with Gasteiger partial charge in [-0.25, -0.2) is 30.0 Å². The van der Waals surface area contributed by atoms with Crippen molar-refractivity contribution in [1.82, 2.24) is 0 Å². The minimum atomic E-state index is -10.7. The van der Waals surface area contributed by atoms with E-state index in [1.807, 2.05) is 0 Å². The number of aryl methyl sites for hydroxylation is 12. The van der Waals surface area contributed by atoms with Crippen molar-refractivity contribution < 1.29 is 75.5 Å². The molecule has 12 aromatic rings. The van der Waals surface area contributed by atoms with Crippen LogP contribution in [0.2, 0.25) is 0 Å². The van der Waals surface area contributed by atoms with Crippen LogP contribution >= 0.6 is 23.4 Å². The molecule has 0 spiro atoms. The maximum absolute atomic E-state index is 10.7. The topological polar surface area (TPSA) is 122 Å². The molecule has 12 aromatic carbocycles. The fourth-order valence-electron chi connectivity index (χ4n) is 13.5. The van der Waals surface area contributed by atoms with Gasteiger partial charge in [0.05, 0.1) is 80.5 Å². The van der Waals surface area contributed by atoms with Crippen molar-refractivity contribution in [1.29, 1.82) is 10.5 Å². The Labute approximate surface area is 681 Å². The van der Waals surface area contributed by atoms with Crippen LogP contribution in [0.1, 0.15) is 114 Å². The van der Waals surface area contributed by atoms with E-state index < -0.39 is 23.4 Å². The summed E-state index contributed by atoms with van der Waals surface area (Å²) in [6, 6.07) is 80.8. The fraction of sp³-hybridized carbons (Fsp3) is 0.159. The zero-order chi connectivity index (χ0) is 87.1. The molecular weight excluding hydrogens is 1630 g/mol. The molecule has 3 aliphatic carbocycles. The van der Waals surface area contributed by atoms with Gasteiger partial charge in [0.2, 0.25) is 0 Å². The Morgan fingerprint density at radius 2 is 0.314 bits per heavy atom. The monoisotopic (exact) mass is 1710 g/mol. The molecule has 0 fully saturated rings. The van der Waals surface area contributed by atoms with Gasteiger partial charge < -0.3 is 0 Å². The average molecular weight is 1710 g/mol. The molecule has 15 rings (SSSR count). The third-order valence-corrected chi connectivity index (χ3v) is 16.6. The number of aliphatic imine (C=N–C) groups is 6. The molecule has 8 nitrogen and oxygen atoms in total. The molecule has 0 N–H and O–H groups in total.